The smallest absolute Gasteiger partial charge is 0.267 e. The number of halogens is 1. The molecule has 0 aliphatic heterocycles. The first-order valence-electron chi connectivity index (χ1n) is 8.99. The van der Waals surface area contributed by atoms with Crippen LogP contribution in [0, 0.1) is 0 Å². The van der Waals surface area contributed by atoms with Gasteiger partial charge < -0.3 is 15.7 Å². The zero-order chi connectivity index (χ0) is 20.7. The van der Waals surface area contributed by atoms with Crippen molar-refractivity contribution in [3.05, 3.63) is 75.4 Å². The Bertz CT molecular complexity index is 851. The first-order valence-corrected chi connectivity index (χ1v) is 9.78. The molecule has 0 saturated carbocycles. The number of carbonyl (C=O) groups is 2. The summed E-state index contributed by atoms with van der Waals surface area (Å²) in [6.45, 7) is 6.23. The lowest BCUT2D eigenvalue weighted by Crippen LogP contribution is -2.36. The average Bonchev–Trinajstić information content (AvgIpc) is 2.66. The zero-order valence-electron chi connectivity index (χ0n) is 16.3. The Hall–Kier alpha value is -2.44. The molecule has 0 spiro atoms. The summed E-state index contributed by atoms with van der Waals surface area (Å²) in [5, 5.41) is 14.2. The van der Waals surface area contributed by atoms with Crippen molar-refractivity contribution in [2.24, 2.45) is 0 Å². The molecule has 28 heavy (non-hydrogen) atoms. The van der Waals surface area contributed by atoms with Gasteiger partial charge in [0, 0.05) is 16.6 Å². The molecular weight excluding hydrogens is 420 g/mol. The van der Waals surface area contributed by atoms with Crippen molar-refractivity contribution in [2.45, 2.75) is 26.2 Å². The largest absolute Gasteiger partial charge is 0.395 e. The first kappa shape index (κ1) is 21.9. The molecule has 0 heterocycles. The molecular formula is C22H25BrN2O3. The fourth-order valence-corrected chi connectivity index (χ4v) is 2.73. The van der Waals surface area contributed by atoms with Crippen molar-refractivity contribution >= 4 is 33.8 Å². The van der Waals surface area contributed by atoms with Crippen molar-refractivity contribution in [1.29, 1.82) is 0 Å². The Morgan fingerprint density at radius 1 is 1.04 bits per heavy atom. The van der Waals surface area contributed by atoms with Gasteiger partial charge in [-0.25, -0.2) is 0 Å². The van der Waals surface area contributed by atoms with Gasteiger partial charge in [-0.05, 0) is 46.9 Å². The fourth-order valence-electron chi connectivity index (χ4n) is 2.46. The number of rotatable bonds is 6. The SMILES string of the molecule is CC(C)(C)c1ccc(C(=O)NC(=Cc2ccc(Br)cc2)C(=O)NCCO)cc1. The maximum Gasteiger partial charge on any atom is 0.267 e. The molecule has 0 saturated heterocycles. The van der Waals surface area contributed by atoms with Crippen LogP contribution in [0.1, 0.15) is 42.3 Å². The highest BCUT2D eigenvalue weighted by Crippen LogP contribution is 2.22. The molecule has 0 unspecified atom stereocenters. The molecule has 0 aromatic heterocycles. The Morgan fingerprint density at radius 3 is 2.18 bits per heavy atom. The molecule has 6 heteroatoms. The van der Waals surface area contributed by atoms with Crippen LogP contribution in [0.3, 0.4) is 0 Å². The average molecular weight is 445 g/mol. The molecule has 2 aromatic rings. The van der Waals surface area contributed by atoms with E-state index >= 15 is 0 Å². The third-order valence-electron chi connectivity index (χ3n) is 4.08. The molecule has 0 fully saturated rings. The molecule has 148 valence electrons. The van der Waals surface area contributed by atoms with Crippen LogP contribution in [0.2, 0.25) is 0 Å². The minimum atomic E-state index is -0.461. The van der Waals surface area contributed by atoms with Gasteiger partial charge in [-0.1, -0.05) is 61.0 Å². The minimum absolute atomic E-state index is 0.00810. The number of amides is 2. The maximum absolute atomic E-state index is 12.6. The van der Waals surface area contributed by atoms with Crippen LogP contribution in [0.5, 0.6) is 0 Å². The number of aliphatic hydroxyl groups excluding tert-OH is 1. The Balaban J connectivity index is 2.24. The standard InChI is InChI=1S/C22H25BrN2O3/c1-22(2,3)17-8-6-16(7-9-17)20(27)25-19(21(28)24-12-13-26)14-15-4-10-18(23)11-5-15/h4-11,14,26H,12-13H2,1-3H3,(H,24,28)(H,25,27). The quantitative estimate of drug-likeness (QED) is 0.595. The van der Waals surface area contributed by atoms with E-state index in [9.17, 15) is 9.59 Å². The summed E-state index contributed by atoms with van der Waals surface area (Å²) < 4.78 is 0.916. The molecule has 0 aliphatic carbocycles. The van der Waals surface area contributed by atoms with Crippen molar-refractivity contribution in [1.82, 2.24) is 10.6 Å². The van der Waals surface area contributed by atoms with Gasteiger partial charge in [0.1, 0.15) is 5.70 Å². The van der Waals surface area contributed by atoms with E-state index < -0.39 is 5.91 Å². The Kier molecular flexibility index (Phi) is 7.54. The van der Waals surface area contributed by atoms with Gasteiger partial charge >= 0.3 is 0 Å². The lowest BCUT2D eigenvalue weighted by atomic mass is 9.87. The Labute approximate surface area is 174 Å². The molecule has 2 aromatic carbocycles. The molecule has 0 aliphatic rings. The predicted molar refractivity (Wildman–Crippen MR) is 115 cm³/mol. The second kappa shape index (κ2) is 9.66. The van der Waals surface area contributed by atoms with Crippen molar-refractivity contribution in [2.75, 3.05) is 13.2 Å². The van der Waals surface area contributed by atoms with E-state index in [0.29, 0.717) is 5.56 Å². The van der Waals surface area contributed by atoms with E-state index in [2.05, 4.69) is 47.3 Å². The lowest BCUT2D eigenvalue weighted by Gasteiger charge is -2.19. The summed E-state index contributed by atoms with van der Waals surface area (Å²) in [6.07, 6.45) is 1.60. The van der Waals surface area contributed by atoms with Crippen LogP contribution in [0.4, 0.5) is 0 Å². The number of carbonyl (C=O) groups excluding carboxylic acids is 2. The molecule has 2 rings (SSSR count). The van der Waals surface area contributed by atoms with Gasteiger partial charge in [-0.3, -0.25) is 9.59 Å². The third kappa shape index (κ3) is 6.32. The van der Waals surface area contributed by atoms with Crippen molar-refractivity contribution in [3.8, 4) is 0 Å². The van der Waals surface area contributed by atoms with Crippen molar-refractivity contribution < 1.29 is 14.7 Å². The zero-order valence-corrected chi connectivity index (χ0v) is 17.8. The lowest BCUT2D eigenvalue weighted by molar-refractivity contribution is -0.117. The van der Waals surface area contributed by atoms with E-state index in [1.807, 2.05) is 36.4 Å². The normalized spacial score (nSPS) is 11.8. The van der Waals surface area contributed by atoms with E-state index in [-0.39, 0.29) is 30.2 Å². The van der Waals surface area contributed by atoms with Crippen molar-refractivity contribution in [3.63, 3.8) is 0 Å². The maximum atomic E-state index is 12.6. The summed E-state index contributed by atoms with van der Waals surface area (Å²) in [5.41, 5.74) is 2.45. The molecule has 0 bridgehead atoms. The molecule has 0 radical (unpaired) electrons. The second-order valence-electron chi connectivity index (χ2n) is 7.37. The highest BCUT2D eigenvalue weighted by molar-refractivity contribution is 9.10. The topological polar surface area (TPSA) is 78.4 Å². The van der Waals surface area contributed by atoms with Crippen LogP contribution < -0.4 is 10.6 Å². The number of nitrogens with one attached hydrogen (secondary N) is 2. The van der Waals surface area contributed by atoms with Crippen LogP contribution in [-0.2, 0) is 10.2 Å². The van der Waals surface area contributed by atoms with E-state index in [1.54, 1.807) is 18.2 Å². The van der Waals surface area contributed by atoms with Gasteiger partial charge in [0.2, 0.25) is 0 Å². The summed E-state index contributed by atoms with van der Waals surface area (Å²) in [4.78, 5) is 25.1. The van der Waals surface area contributed by atoms with Crippen LogP contribution in [-0.4, -0.2) is 30.1 Å². The van der Waals surface area contributed by atoms with E-state index in [1.165, 1.54) is 0 Å². The van der Waals surface area contributed by atoms with E-state index in [0.717, 1.165) is 15.6 Å². The van der Waals surface area contributed by atoms with Gasteiger partial charge in [0.25, 0.3) is 11.8 Å². The summed E-state index contributed by atoms with van der Waals surface area (Å²) >= 11 is 3.37. The van der Waals surface area contributed by atoms with Crippen LogP contribution in [0.25, 0.3) is 6.08 Å². The monoisotopic (exact) mass is 444 g/mol. The molecule has 5 nitrogen and oxygen atoms in total. The second-order valence-corrected chi connectivity index (χ2v) is 8.29. The highest BCUT2D eigenvalue weighted by Gasteiger charge is 2.17. The predicted octanol–water partition coefficient (Wildman–Crippen LogP) is 3.63. The summed E-state index contributed by atoms with van der Waals surface area (Å²) in [6, 6.07) is 14.7. The Morgan fingerprint density at radius 2 is 1.64 bits per heavy atom. The summed E-state index contributed by atoms with van der Waals surface area (Å²) in [7, 11) is 0. The first-order chi connectivity index (χ1) is 13.2. The van der Waals surface area contributed by atoms with Gasteiger partial charge in [0.05, 0.1) is 6.61 Å². The number of benzene rings is 2. The van der Waals surface area contributed by atoms with Crippen LogP contribution >= 0.6 is 15.9 Å². The van der Waals surface area contributed by atoms with E-state index in [4.69, 9.17) is 5.11 Å². The molecule has 2 amide bonds. The van der Waals surface area contributed by atoms with Gasteiger partial charge in [-0.15, -0.1) is 0 Å². The van der Waals surface area contributed by atoms with Gasteiger partial charge in [0.15, 0.2) is 0 Å². The third-order valence-corrected chi connectivity index (χ3v) is 4.61. The highest BCUT2D eigenvalue weighted by atomic mass is 79.9. The molecule has 0 atom stereocenters. The molecule has 3 N–H and O–H groups in total. The fraction of sp³-hybridized carbons (Fsp3) is 0.273. The summed E-state index contributed by atoms with van der Waals surface area (Å²) in [5.74, 6) is -0.834. The van der Waals surface area contributed by atoms with Crippen LogP contribution in [0.15, 0.2) is 58.7 Å². The number of aliphatic hydroxyl groups is 1. The minimum Gasteiger partial charge on any atom is -0.395 e. The van der Waals surface area contributed by atoms with Gasteiger partial charge in [-0.2, -0.15) is 0 Å². The number of hydrogen-bond donors (Lipinski definition) is 3. The number of hydrogen-bond acceptors (Lipinski definition) is 3.